The third-order valence-electron chi connectivity index (χ3n) is 6.58. The molecule has 0 bridgehead atoms. The van der Waals surface area contributed by atoms with Crippen molar-refractivity contribution in [1.82, 2.24) is 14.7 Å². The largest absolute Gasteiger partial charge is 0.340 e. The van der Waals surface area contributed by atoms with Crippen LogP contribution in [0.25, 0.3) is 0 Å². The Labute approximate surface area is 195 Å². The lowest BCUT2D eigenvalue weighted by Gasteiger charge is -2.35. The molecule has 2 saturated heterocycles. The molecule has 2 aromatic rings. The summed E-state index contributed by atoms with van der Waals surface area (Å²) in [6.07, 6.45) is 0.282. The molecule has 0 aliphatic carbocycles. The average molecular weight is 449 g/mol. The maximum atomic E-state index is 13.0. The Morgan fingerprint density at radius 3 is 2.27 bits per heavy atom. The number of carbonyl (C=O) groups excluding carboxylic acids is 3. The second-order valence-corrected chi connectivity index (χ2v) is 9.08. The van der Waals surface area contributed by atoms with E-state index in [4.69, 9.17) is 0 Å². The first-order valence-electron chi connectivity index (χ1n) is 11.6. The molecule has 4 rings (SSSR count). The molecule has 33 heavy (non-hydrogen) atoms. The van der Waals surface area contributed by atoms with E-state index in [1.807, 2.05) is 67.3 Å². The van der Waals surface area contributed by atoms with Gasteiger partial charge in [-0.3, -0.25) is 19.3 Å². The molecule has 3 amide bonds. The van der Waals surface area contributed by atoms with Gasteiger partial charge in [-0.2, -0.15) is 0 Å². The van der Waals surface area contributed by atoms with Crippen molar-refractivity contribution in [3.63, 3.8) is 0 Å². The van der Waals surface area contributed by atoms with Crippen LogP contribution in [0.5, 0.6) is 0 Å². The summed E-state index contributed by atoms with van der Waals surface area (Å²) in [6.45, 7) is 7.78. The zero-order chi connectivity index (χ0) is 23.4. The topological polar surface area (TPSA) is 73.0 Å². The molecule has 0 spiro atoms. The van der Waals surface area contributed by atoms with Crippen molar-refractivity contribution in [1.29, 1.82) is 0 Å². The molecular weight excluding hydrogens is 416 g/mol. The van der Waals surface area contributed by atoms with Crippen LogP contribution in [0.1, 0.15) is 23.1 Å². The van der Waals surface area contributed by atoms with Crippen LogP contribution in [0, 0.1) is 19.8 Å². The SMILES string of the molecule is Cc1cccc(C)c1NC(=O)CN1CCN(C(=O)[C@@H]2CC(=O)N(Cc3ccccc3)C2)CC1. The van der Waals surface area contributed by atoms with Crippen LogP contribution in [0.3, 0.4) is 0 Å². The second kappa shape index (κ2) is 10.2. The minimum Gasteiger partial charge on any atom is -0.340 e. The van der Waals surface area contributed by atoms with Crippen LogP contribution in [-0.4, -0.2) is 71.7 Å². The van der Waals surface area contributed by atoms with Crippen LogP contribution in [0.2, 0.25) is 0 Å². The van der Waals surface area contributed by atoms with Crippen LogP contribution in [-0.2, 0) is 20.9 Å². The number of para-hydroxylation sites is 1. The molecule has 1 N–H and O–H groups in total. The minimum atomic E-state index is -0.278. The number of benzene rings is 2. The third kappa shape index (κ3) is 5.60. The number of amides is 3. The van der Waals surface area contributed by atoms with Gasteiger partial charge in [0, 0.05) is 51.4 Å². The second-order valence-electron chi connectivity index (χ2n) is 9.08. The number of hydrogen-bond donors (Lipinski definition) is 1. The number of aryl methyl sites for hydroxylation is 2. The predicted octanol–water partition coefficient (Wildman–Crippen LogP) is 2.43. The molecule has 0 radical (unpaired) electrons. The summed E-state index contributed by atoms with van der Waals surface area (Å²) in [7, 11) is 0. The van der Waals surface area contributed by atoms with Gasteiger partial charge >= 0.3 is 0 Å². The van der Waals surface area contributed by atoms with E-state index in [0.717, 1.165) is 22.4 Å². The van der Waals surface area contributed by atoms with Gasteiger partial charge in [-0.1, -0.05) is 48.5 Å². The molecule has 7 nitrogen and oxygen atoms in total. The molecule has 0 unspecified atom stereocenters. The molecule has 0 saturated carbocycles. The predicted molar refractivity (Wildman–Crippen MR) is 128 cm³/mol. The van der Waals surface area contributed by atoms with Gasteiger partial charge in [-0.15, -0.1) is 0 Å². The standard InChI is InChI=1S/C26H32N4O3/c1-19-7-6-8-20(2)25(19)27-23(31)18-28-11-13-29(14-12-28)26(33)22-15-24(32)30(17-22)16-21-9-4-3-5-10-21/h3-10,22H,11-18H2,1-2H3,(H,27,31)/t22-/m1/s1. The van der Waals surface area contributed by atoms with E-state index < -0.39 is 0 Å². The smallest absolute Gasteiger partial charge is 0.238 e. The monoisotopic (exact) mass is 448 g/mol. The van der Waals surface area contributed by atoms with E-state index in [9.17, 15) is 14.4 Å². The summed E-state index contributed by atoms with van der Waals surface area (Å²) in [5.41, 5.74) is 4.05. The van der Waals surface area contributed by atoms with E-state index in [2.05, 4.69) is 10.2 Å². The first kappa shape index (κ1) is 23.0. The lowest BCUT2D eigenvalue weighted by atomic mass is 10.1. The van der Waals surface area contributed by atoms with Crippen molar-refractivity contribution in [3.8, 4) is 0 Å². The van der Waals surface area contributed by atoms with Crippen molar-refractivity contribution in [3.05, 3.63) is 65.2 Å². The Balaban J connectivity index is 1.24. The molecule has 7 heteroatoms. The van der Waals surface area contributed by atoms with Gasteiger partial charge in [0.05, 0.1) is 12.5 Å². The van der Waals surface area contributed by atoms with E-state index in [0.29, 0.717) is 45.8 Å². The maximum absolute atomic E-state index is 13.0. The summed E-state index contributed by atoms with van der Waals surface area (Å²) < 4.78 is 0. The fourth-order valence-electron chi connectivity index (χ4n) is 4.67. The van der Waals surface area contributed by atoms with Gasteiger partial charge in [-0.25, -0.2) is 0 Å². The maximum Gasteiger partial charge on any atom is 0.238 e. The number of likely N-dealkylation sites (tertiary alicyclic amines) is 1. The zero-order valence-electron chi connectivity index (χ0n) is 19.4. The van der Waals surface area contributed by atoms with Gasteiger partial charge in [0.25, 0.3) is 0 Å². The van der Waals surface area contributed by atoms with E-state index in [1.54, 1.807) is 4.90 Å². The highest BCUT2D eigenvalue weighted by atomic mass is 16.2. The Morgan fingerprint density at radius 1 is 0.939 bits per heavy atom. The Hall–Kier alpha value is -3.19. The highest BCUT2D eigenvalue weighted by Crippen LogP contribution is 2.23. The lowest BCUT2D eigenvalue weighted by Crippen LogP contribution is -2.52. The number of rotatable bonds is 6. The van der Waals surface area contributed by atoms with Gasteiger partial charge in [0.1, 0.15) is 0 Å². The number of hydrogen-bond acceptors (Lipinski definition) is 4. The summed E-state index contributed by atoms with van der Waals surface area (Å²) >= 11 is 0. The molecular formula is C26H32N4O3. The Bertz CT molecular complexity index is 995. The third-order valence-corrected chi connectivity index (χ3v) is 6.58. The van der Waals surface area contributed by atoms with Crippen molar-refractivity contribution >= 4 is 23.4 Å². The minimum absolute atomic E-state index is 0.0369. The van der Waals surface area contributed by atoms with Crippen LogP contribution < -0.4 is 5.32 Å². The number of nitrogens with one attached hydrogen (secondary N) is 1. The van der Waals surface area contributed by atoms with Gasteiger partial charge in [-0.05, 0) is 30.5 Å². The van der Waals surface area contributed by atoms with Gasteiger partial charge in [0.2, 0.25) is 17.7 Å². The van der Waals surface area contributed by atoms with Crippen molar-refractivity contribution in [2.45, 2.75) is 26.8 Å². The van der Waals surface area contributed by atoms with Crippen molar-refractivity contribution < 1.29 is 14.4 Å². The van der Waals surface area contributed by atoms with E-state index >= 15 is 0 Å². The van der Waals surface area contributed by atoms with Crippen molar-refractivity contribution in [2.75, 3.05) is 44.6 Å². The Morgan fingerprint density at radius 2 is 1.61 bits per heavy atom. The summed E-state index contributed by atoms with van der Waals surface area (Å²) in [5.74, 6) is -0.220. The summed E-state index contributed by atoms with van der Waals surface area (Å²) in [4.78, 5) is 43.8. The fourth-order valence-corrected chi connectivity index (χ4v) is 4.67. The zero-order valence-corrected chi connectivity index (χ0v) is 19.4. The first-order chi connectivity index (χ1) is 15.9. The van der Waals surface area contributed by atoms with Gasteiger partial charge < -0.3 is 15.1 Å². The lowest BCUT2D eigenvalue weighted by molar-refractivity contribution is -0.137. The van der Waals surface area contributed by atoms with E-state index in [1.165, 1.54) is 0 Å². The number of nitrogens with zero attached hydrogens (tertiary/aromatic N) is 3. The van der Waals surface area contributed by atoms with Crippen molar-refractivity contribution in [2.24, 2.45) is 5.92 Å². The highest BCUT2D eigenvalue weighted by molar-refractivity contribution is 5.94. The Kier molecular flexibility index (Phi) is 7.08. The van der Waals surface area contributed by atoms with E-state index in [-0.39, 0.29) is 30.1 Å². The molecule has 1 atom stereocenters. The number of anilines is 1. The summed E-state index contributed by atoms with van der Waals surface area (Å²) in [6, 6.07) is 15.8. The molecule has 0 aromatic heterocycles. The molecule has 2 aromatic carbocycles. The normalized spacial score (nSPS) is 19.1. The molecule has 2 aliphatic heterocycles. The molecule has 174 valence electrons. The molecule has 2 heterocycles. The van der Waals surface area contributed by atoms with Crippen LogP contribution >= 0.6 is 0 Å². The number of piperazine rings is 1. The molecule has 2 aliphatic rings. The number of carbonyl (C=O) groups is 3. The summed E-state index contributed by atoms with van der Waals surface area (Å²) in [5, 5.41) is 3.03. The fraction of sp³-hybridized carbons (Fsp3) is 0.423. The molecule has 2 fully saturated rings. The van der Waals surface area contributed by atoms with Crippen LogP contribution in [0.4, 0.5) is 5.69 Å². The van der Waals surface area contributed by atoms with Crippen LogP contribution in [0.15, 0.2) is 48.5 Å². The highest BCUT2D eigenvalue weighted by Gasteiger charge is 2.37. The van der Waals surface area contributed by atoms with Gasteiger partial charge in [0.15, 0.2) is 0 Å². The average Bonchev–Trinajstić information content (AvgIpc) is 3.17. The first-order valence-corrected chi connectivity index (χ1v) is 11.6. The quantitative estimate of drug-likeness (QED) is 0.737.